The van der Waals surface area contributed by atoms with Gasteiger partial charge < -0.3 is 9.47 Å². The largest absolute Gasteiger partial charge is 0.381 e. The lowest BCUT2D eigenvalue weighted by Crippen LogP contribution is -2.39. The molecule has 0 N–H and O–H groups in total. The molecule has 198 valence electrons. The van der Waals surface area contributed by atoms with Crippen molar-refractivity contribution in [2.75, 3.05) is 7.11 Å². The van der Waals surface area contributed by atoms with Crippen LogP contribution in [0.1, 0.15) is 124 Å². The van der Waals surface area contributed by atoms with E-state index in [4.69, 9.17) is 13.7 Å². The van der Waals surface area contributed by atoms with Crippen LogP contribution in [0.5, 0.6) is 0 Å². The van der Waals surface area contributed by atoms with Gasteiger partial charge in [-0.3, -0.25) is 4.18 Å². The molecule has 0 aromatic heterocycles. The molecule has 0 radical (unpaired) electrons. The Morgan fingerprint density at radius 2 is 1.06 bits per heavy atom. The van der Waals surface area contributed by atoms with E-state index in [1.807, 2.05) is 7.11 Å². The van der Waals surface area contributed by atoms with Crippen LogP contribution in [0.2, 0.25) is 0 Å². The van der Waals surface area contributed by atoms with Crippen LogP contribution >= 0.6 is 0 Å². The zero-order valence-corrected chi connectivity index (χ0v) is 23.3. The van der Waals surface area contributed by atoms with Crippen molar-refractivity contribution in [1.82, 2.24) is 0 Å². The highest BCUT2D eigenvalue weighted by atomic mass is 32.2. The first-order chi connectivity index (χ1) is 16.3. The summed E-state index contributed by atoms with van der Waals surface area (Å²) in [5.74, 6) is 2.47. The van der Waals surface area contributed by atoms with Crippen LogP contribution in [-0.4, -0.2) is 41.0 Å². The van der Waals surface area contributed by atoms with Crippen molar-refractivity contribution in [2.24, 2.45) is 23.2 Å². The van der Waals surface area contributed by atoms with Crippen molar-refractivity contribution in [2.45, 2.75) is 153 Å². The van der Waals surface area contributed by atoms with Gasteiger partial charge >= 0.3 is 0 Å². The fourth-order valence-electron chi connectivity index (χ4n) is 7.49. The molecule has 1 atom stereocenters. The molecule has 0 aromatic carbocycles. The second-order valence-corrected chi connectivity index (χ2v) is 14.2. The van der Waals surface area contributed by atoms with Gasteiger partial charge in [0.15, 0.2) is 11.1 Å². The summed E-state index contributed by atoms with van der Waals surface area (Å²) in [6.07, 6.45) is 20.4. The normalized spacial score (nSPS) is 41.2. The number of ether oxygens (including phenoxy) is 2. The fraction of sp³-hybridized carbons (Fsp3) is 1.00. The Balaban J connectivity index is 1.13. The molecule has 4 fully saturated rings. The molecule has 0 aliphatic heterocycles. The first kappa shape index (κ1) is 27.1. The molecule has 1 unspecified atom stereocenters. The first-order valence-corrected chi connectivity index (χ1v) is 15.7. The molecular weight excluding hydrogens is 444 g/mol. The molecule has 4 aliphatic carbocycles. The lowest BCUT2D eigenvalue weighted by Gasteiger charge is -2.47. The minimum Gasteiger partial charge on any atom is -0.381 e. The van der Waals surface area contributed by atoms with Gasteiger partial charge in [0, 0.05) is 7.11 Å². The second-order valence-electron chi connectivity index (χ2n) is 12.8. The van der Waals surface area contributed by atoms with Crippen LogP contribution in [0, 0.1) is 23.2 Å². The topological polar surface area (TPSA) is 44.8 Å². The summed E-state index contributed by atoms with van der Waals surface area (Å²) in [7, 11) is 1.87. The average Bonchev–Trinajstić information content (AvgIpc) is 2.86. The standard InChI is InChI=1S/C29H52O4S/c1-21-5-19-28(20-6-21)34(30)33-27-17-15-26(16-18-27)32-25-13-9-23(10-14-25)29(2,3)22-7-11-24(31-4)12-8-22/h21-28H,5-20H2,1-4H3. The maximum atomic E-state index is 12.7. The molecule has 0 aromatic rings. The van der Waals surface area contributed by atoms with E-state index >= 15 is 0 Å². The van der Waals surface area contributed by atoms with Gasteiger partial charge in [-0.2, -0.15) is 0 Å². The average molecular weight is 497 g/mol. The van der Waals surface area contributed by atoms with Crippen molar-refractivity contribution in [3.05, 3.63) is 0 Å². The van der Waals surface area contributed by atoms with Crippen LogP contribution in [0.4, 0.5) is 0 Å². The minimum atomic E-state index is -1.10. The Labute approximate surface area is 212 Å². The van der Waals surface area contributed by atoms with Gasteiger partial charge in [0.2, 0.25) is 0 Å². The monoisotopic (exact) mass is 496 g/mol. The molecule has 4 saturated carbocycles. The highest BCUT2D eigenvalue weighted by Crippen LogP contribution is 2.49. The van der Waals surface area contributed by atoms with Crippen molar-refractivity contribution >= 4 is 11.1 Å². The van der Waals surface area contributed by atoms with E-state index in [0.29, 0.717) is 23.7 Å². The van der Waals surface area contributed by atoms with Gasteiger partial charge in [-0.25, -0.2) is 4.21 Å². The SMILES string of the molecule is COC1CCC(C(C)(C)C2CCC(OC3CCC(OS(=O)C4CCC(C)CC4)CC3)CC2)CC1. The fourth-order valence-corrected chi connectivity index (χ4v) is 8.77. The Morgan fingerprint density at radius 3 is 1.56 bits per heavy atom. The van der Waals surface area contributed by atoms with E-state index in [1.54, 1.807) is 0 Å². The molecule has 0 bridgehead atoms. The highest BCUT2D eigenvalue weighted by molar-refractivity contribution is 7.80. The minimum absolute atomic E-state index is 0.171. The predicted octanol–water partition coefficient (Wildman–Crippen LogP) is 7.36. The van der Waals surface area contributed by atoms with Gasteiger partial charge in [0.05, 0.1) is 29.7 Å². The smallest absolute Gasteiger partial charge is 0.158 e. The highest BCUT2D eigenvalue weighted by Gasteiger charge is 2.41. The van der Waals surface area contributed by atoms with Crippen molar-refractivity contribution < 1.29 is 17.9 Å². The van der Waals surface area contributed by atoms with Crippen LogP contribution in [-0.2, 0) is 24.7 Å². The van der Waals surface area contributed by atoms with E-state index < -0.39 is 11.1 Å². The van der Waals surface area contributed by atoms with Crippen LogP contribution in [0.3, 0.4) is 0 Å². The number of hydrogen-bond donors (Lipinski definition) is 0. The summed E-state index contributed by atoms with van der Waals surface area (Å²) in [6, 6.07) is 0. The summed E-state index contributed by atoms with van der Waals surface area (Å²) >= 11 is -1.10. The number of rotatable bonds is 8. The van der Waals surface area contributed by atoms with Crippen LogP contribution in [0.25, 0.3) is 0 Å². The molecule has 4 nitrogen and oxygen atoms in total. The third kappa shape index (κ3) is 7.07. The maximum Gasteiger partial charge on any atom is 0.158 e. The molecule has 0 spiro atoms. The van der Waals surface area contributed by atoms with Gasteiger partial charge in [-0.15, -0.1) is 0 Å². The molecule has 4 rings (SSSR count). The van der Waals surface area contributed by atoms with Crippen LogP contribution < -0.4 is 0 Å². The van der Waals surface area contributed by atoms with Crippen molar-refractivity contribution in [3.8, 4) is 0 Å². The van der Waals surface area contributed by atoms with Crippen molar-refractivity contribution in [1.29, 1.82) is 0 Å². The predicted molar refractivity (Wildman–Crippen MR) is 140 cm³/mol. The molecular formula is C29H52O4S. The van der Waals surface area contributed by atoms with E-state index in [9.17, 15) is 4.21 Å². The Hall–Kier alpha value is 0.0300. The van der Waals surface area contributed by atoms with E-state index in [1.165, 1.54) is 64.2 Å². The molecule has 0 heterocycles. The molecule has 5 heteroatoms. The Morgan fingerprint density at radius 1 is 0.618 bits per heavy atom. The second kappa shape index (κ2) is 12.5. The summed E-state index contributed by atoms with van der Waals surface area (Å²) in [5, 5.41) is 0.264. The van der Waals surface area contributed by atoms with Crippen molar-refractivity contribution in [3.63, 3.8) is 0 Å². The third-order valence-corrected chi connectivity index (χ3v) is 11.7. The summed E-state index contributed by atoms with van der Waals surface area (Å²) in [5.41, 5.74) is 0.436. The van der Waals surface area contributed by atoms with Crippen LogP contribution in [0.15, 0.2) is 0 Å². The Kier molecular flexibility index (Phi) is 9.97. The Bertz CT molecular complexity index is 620. The van der Waals surface area contributed by atoms with Gasteiger partial charge in [-0.05, 0) is 126 Å². The van der Waals surface area contributed by atoms with Gasteiger partial charge in [-0.1, -0.05) is 20.8 Å². The third-order valence-electron chi connectivity index (χ3n) is 10.3. The summed E-state index contributed by atoms with van der Waals surface area (Å²) in [6.45, 7) is 7.38. The number of methoxy groups -OCH3 is 1. The maximum absolute atomic E-state index is 12.7. The van der Waals surface area contributed by atoms with Gasteiger partial charge in [0.25, 0.3) is 0 Å². The summed E-state index contributed by atoms with van der Waals surface area (Å²) in [4.78, 5) is 0. The summed E-state index contributed by atoms with van der Waals surface area (Å²) < 4.78 is 30.9. The van der Waals surface area contributed by atoms with E-state index in [0.717, 1.165) is 56.3 Å². The molecule has 4 aliphatic rings. The molecule has 0 saturated heterocycles. The lowest BCUT2D eigenvalue weighted by atomic mass is 9.60. The van der Waals surface area contributed by atoms with Gasteiger partial charge in [0.1, 0.15) is 0 Å². The van der Waals surface area contributed by atoms with E-state index in [-0.39, 0.29) is 11.4 Å². The zero-order valence-electron chi connectivity index (χ0n) is 22.5. The molecule has 0 amide bonds. The first-order valence-electron chi connectivity index (χ1n) is 14.6. The lowest BCUT2D eigenvalue weighted by molar-refractivity contribution is -0.0748. The molecule has 34 heavy (non-hydrogen) atoms. The zero-order chi connectivity index (χ0) is 24.1. The number of hydrogen-bond acceptors (Lipinski definition) is 4. The van der Waals surface area contributed by atoms with E-state index in [2.05, 4.69) is 20.8 Å². The quantitative estimate of drug-likeness (QED) is 0.352.